The molecule has 0 heterocycles. The van der Waals surface area contributed by atoms with Gasteiger partial charge in [0.25, 0.3) is 0 Å². The molecule has 0 saturated heterocycles. The van der Waals surface area contributed by atoms with Crippen LogP contribution in [0, 0.1) is 6.92 Å². The molecule has 0 spiro atoms. The molecule has 4 aliphatic rings. The van der Waals surface area contributed by atoms with Crippen molar-refractivity contribution in [1.29, 1.82) is 0 Å². The van der Waals surface area contributed by atoms with Crippen LogP contribution in [0.25, 0.3) is 44.5 Å². The Hall–Kier alpha value is -6.97. The highest BCUT2D eigenvalue weighted by Gasteiger charge is 2.35. The first kappa shape index (κ1) is 38.2. The van der Waals surface area contributed by atoms with Crippen molar-refractivity contribution >= 4 is 18.4 Å². The van der Waals surface area contributed by atoms with E-state index in [4.69, 9.17) is 9.98 Å². The number of aliphatic imine (C=N–C) groups is 3. The van der Waals surface area contributed by atoms with E-state index in [2.05, 4.69) is 172 Å². The Balaban J connectivity index is 0.000000148. The second-order valence-corrected chi connectivity index (χ2v) is 17.2. The lowest BCUT2D eigenvalue weighted by Crippen LogP contribution is -2.14. The summed E-state index contributed by atoms with van der Waals surface area (Å²) in [6.07, 6.45) is 10.6. The lowest BCUT2D eigenvalue weighted by Gasteiger charge is -2.22. The smallest absolute Gasteiger partial charge is 0.161 e. The Bertz CT molecular complexity index is 2990. The summed E-state index contributed by atoms with van der Waals surface area (Å²) in [5, 5.41) is 0. The molecule has 0 amide bonds. The number of hydrogen-bond donors (Lipinski definition) is 0. The van der Waals surface area contributed by atoms with E-state index in [0.717, 1.165) is 36.8 Å². The molecule has 0 radical (unpaired) electrons. The van der Waals surface area contributed by atoms with Crippen LogP contribution in [0.5, 0.6) is 0 Å². The molecule has 0 atom stereocenters. The number of aryl methyl sites for hydroxylation is 1. The normalized spacial score (nSPS) is 15.0. The van der Waals surface area contributed by atoms with Crippen molar-refractivity contribution in [2.24, 2.45) is 15.0 Å². The third-order valence-corrected chi connectivity index (χ3v) is 13.0. The molecule has 4 aliphatic carbocycles. The van der Waals surface area contributed by atoms with Crippen LogP contribution in [-0.4, -0.2) is 18.4 Å². The molecule has 0 saturated carbocycles. The third kappa shape index (κ3) is 7.14. The van der Waals surface area contributed by atoms with Crippen molar-refractivity contribution in [2.75, 3.05) is 0 Å². The van der Waals surface area contributed by atoms with E-state index in [1.54, 1.807) is 0 Å². The molecule has 0 N–H and O–H groups in total. The Morgan fingerprint density at radius 2 is 1.26 bits per heavy atom. The van der Waals surface area contributed by atoms with Gasteiger partial charge in [0.15, 0.2) is 11.7 Å². The van der Waals surface area contributed by atoms with Gasteiger partial charge in [0, 0.05) is 16.6 Å². The van der Waals surface area contributed by atoms with Crippen molar-refractivity contribution in [3.63, 3.8) is 0 Å². The van der Waals surface area contributed by atoms with Crippen molar-refractivity contribution in [1.82, 2.24) is 0 Å². The van der Waals surface area contributed by atoms with E-state index < -0.39 is 0 Å². The zero-order chi connectivity index (χ0) is 41.5. The maximum Gasteiger partial charge on any atom is 0.161 e. The van der Waals surface area contributed by atoms with Crippen LogP contribution in [0.4, 0.5) is 0 Å². The quantitative estimate of drug-likeness (QED) is 0.123. The number of rotatable bonds is 5. The van der Waals surface area contributed by atoms with Gasteiger partial charge in [-0.1, -0.05) is 177 Å². The molecule has 61 heavy (non-hydrogen) atoms. The maximum atomic E-state index is 5.01. The van der Waals surface area contributed by atoms with Gasteiger partial charge in [0.05, 0.1) is 6.54 Å². The first-order valence-electron chi connectivity index (χ1n) is 21.5. The van der Waals surface area contributed by atoms with E-state index in [0.29, 0.717) is 18.2 Å². The summed E-state index contributed by atoms with van der Waals surface area (Å²) in [6, 6.07) is 54.9. The van der Waals surface area contributed by atoms with Gasteiger partial charge >= 0.3 is 0 Å². The lowest BCUT2D eigenvalue weighted by molar-refractivity contribution is 0.660. The minimum Gasteiger partial charge on any atom is -0.261 e. The van der Waals surface area contributed by atoms with Gasteiger partial charge in [-0.05, 0) is 135 Å². The monoisotopic (exact) mass is 787 g/mol. The van der Waals surface area contributed by atoms with Crippen LogP contribution >= 0.6 is 0 Å². The SMILES string of the molecule is C=NC(=NC(=NCc1cccc2c1Cc1ccc(C)cc1-2)C1=CCCC=C1)c1ccccc1.CC1(C)c2ccccc2-c2ccc(-c3ccc4c(c3)-c3ccccc3C4)cc21. The molecule has 3 heteroatoms. The predicted octanol–water partition coefficient (Wildman–Crippen LogP) is 14.1. The number of amidine groups is 2. The minimum absolute atomic E-state index is 0.0469. The third-order valence-electron chi connectivity index (χ3n) is 13.0. The molecular weight excluding hydrogens is 739 g/mol. The number of nitrogens with zero attached hydrogens (tertiary/aromatic N) is 3. The molecule has 0 aromatic heterocycles. The Labute approximate surface area is 360 Å². The predicted molar refractivity (Wildman–Crippen MR) is 257 cm³/mol. The zero-order valence-corrected chi connectivity index (χ0v) is 35.3. The summed E-state index contributed by atoms with van der Waals surface area (Å²) in [4.78, 5) is 14.1. The van der Waals surface area contributed by atoms with Crippen molar-refractivity contribution in [3.05, 3.63) is 226 Å². The van der Waals surface area contributed by atoms with Crippen molar-refractivity contribution < 1.29 is 0 Å². The van der Waals surface area contributed by atoms with Crippen LogP contribution in [-0.2, 0) is 24.8 Å². The largest absolute Gasteiger partial charge is 0.261 e. The van der Waals surface area contributed by atoms with Gasteiger partial charge in [-0.3, -0.25) is 4.99 Å². The van der Waals surface area contributed by atoms with Crippen LogP contribution in [0.15, 0.2) is 190 Å². The first-order chi connectivity index (χ1) is 29.9. The highest BCUT2D eigenvalue weighted by Crippen LogP contribution is 2.50. The molecule has 7 aromatic rings. The second-order valence-electron chi connectivity index (χ2n) is 17.2. The maximum absolute atomic E-state index is 5.01. The van der Waals surface area contributed by atoms with Crippen LogP contribution in [0.3, 0.4) is 0 Å². The van der Waals surface area contributed by atoms with Gasteiger partial charge in [-0.25, -0.2) is 9.98 Å². The standard InChI is InChI=1S/C30H27N3.C28H22/c1-21-16-17-24-19-28-25(14-9-15-26(28)27(24)18-21)20-32-30(23-12-7-4-8-13-23)33-29(31-2)22-10-5-3-6-11-22;1-28(2)26-10-6-5-9-23(26)24-14-13-19(17-27(24)28)18-11-12-21-15-20-7-3-4-8-22(20)25(21)16-18/h3,5-7,9-18H,2,4,8,19-20H2,1H3;3-14,16-17H,15H2,1-2H3. The number of fused-ring (bicyclic) bond motifs is 9. The summed E-state index contributed by atoms with van der Waals surface area (Å²) in [5.41, 5.74) is 24.0. The highest BCUT2D eigenvalue weighted by atomic mass is 15.0. The van der Waals surface area contributed by atoms with E-state index in [1.165, 1.54) is 89.0 Å². The topological polar surface area (TPSA) is 37.1 Å². The number of allylic oxidation sites excluding steroid dienone is 2. The van der Waals surface area contributed by atoms with Crippen LogP contribution in [0.1, 0.15) is 76.8 Å². The van der Waals surface area contributed by atoms with E-state index in [9.17, 15) is 0 Å². The van der Waals surface area contributed by atoms with Crippen LogP contribution in [0.2, 0.25) is 0 Å². The van der Waals surface area contributed by atoms with Crippen LogP contribution < -0.4 is 0 Å². The van der Waals surface area contributed by atoms with E-state index in [1.807, 2.05) is 30.3 Å². The Morgan fingerprint density at radius 1 is 0.574 bits per heavy atom. The van der Waals surface area contributed by atoms with Gasteiger partial charge in [-0.15, -0.1) is 0 Å². The molecule has 11 rings (SSSR count). The van der Waals surface area contributed by atoms with Gasteiger partial charge in [-0.2, -0.15) is 0 Å². The first-order valence-corrected chi connectivity index (χ1v) is 21.5. The average molecular weight is 788 g/mol. The Morgan fingerprint density at radius 3 is 2.10 bits per heavy atom. The lowest BCUT2D eigenvalue weighted by atomic mass is 9.81. The number of hydrogen-bond acceptors (Lipinski definition) is 1. The van der Waals surface area contributed by atoms with Gasteiger partial charge < -0.3 is 0 Å². The van der Waals surface area contributed by atoms with Crippen molar-refractivity contribution in [3.8, 4) is 44.5 Å². The summed E-state index contributed by atoms with van der Waals surface area (Å²) in [5.74, 6) is 1.30. The summed E-state index contributed by atoms with van der Waals surface area (Å²) < 4.78 is 0. The second kappa shape index (κ2) is 15.9. The Kier molecular flexibility index (Phi) is 9.97. The highest BCUT2D eigenvalue weighted by molar-refractivity contribution is 6.13. The molecule has 0 fully saturated rings. The molecule has 296 valence electrons. The molecular formula is C58H49N3. The fraction of sp³-hybridized carbons (Fsp3) is 0.155. The average Bonchev–Trinajstić information content (AvgIpc) is 3.94. The summed E-state index contributed by atoms with van der Waals surface area (Å²) >= 11 is 0. The molecule has 0 unspecified atom stereocenters. The van der Waals surface area contributed by atoms with E-state index >= 15 is 0 Å². The minimum atomic E-state index is 0.0469. The van der Waals surface area contributed by atoms with Gasteiger partial charge in [0.2, 0.25) is 0 Å². The molecule has 0 aliphatic heterocycles. The number of benzene rings is 7. The molecule has 7 aromatic carbocycles. The van der Waals surface area contributed by atoms with E-state index in [-0.39, 0.29) is 5.41 Å². The van der Waals surface area contributed by atoms with Gasteiger partial charge in [0.1, 0.15) is 0 Å². The fourth-order valence-electron chi connectivity index (χ4n) is 9.73. The molecule has 0 bridgehead atoms. The summed E-state index contributed by atoms with van der Waals surface area (Å²) in [7, 11) is 0. The fourth-order valence-corrected chi connectivity index (χ4v) is 9.73. The summed E-state index contributed by atoms with van der Waals surface area (Å²) in [6.45, 7) is 11.2. The van der Waals surface area contributed by atoms with Crippen molar-refractivity contribution in [2.45, 2.75) is 58.4 Å². The molecule has 3 nitrogen and oxygen atoms in total. The zero-order valence-electron chi connectivity index (χ0n) is 35.3.